The third-order valence-electron chi connectivity index (χ3n) is 2.61. The molecule has 18 heavy (non-hydrogen) atoms. The summed E-state index contributed by atoms with van der Waals surface area (Å²) in [6, 6.07) is 11.4. The molecule has 0 fully saturated rings. The van der Waals surface area contributed by atoms with E-state index in [1.54, 1.807) is 12.1 Å². The van der Waals surface area contributed by atoms with Crippen LogP contribution >= 0.6 is 0 Å². The van der Waals surface area contributed by atoms with Gasteiger partial charge in [-0.1, -0.05) is 25.1 Å². The Hall–Kier alpha value is -2.50. The first-order valence-electron chi connectivity index (χ1n) is 5.68. The molecular formula is C12H11N5O. The average molecular weight is 241 g/mol. The standard InChI is InChI=1S/C12H11N5O/c1-2-9-5-3-4-6-10(9)18-12-8-7-11-13-15-16-17(11)14-12/h3-8H,2H2,1H3. The molecule has 90 valence electrons. The van der Waals surface area contributed by atoms with Crippen molar-refractivity contribution in [1.82, 2.24) is 25.3 Å². The SMILES string of the molecule is CCc1ccccc1Oc1ccc2nnnn2n1. The summed E-state index contributed by atoms with van der Waals surface area (Å²) in [6.45, 7) is 2.08. The van der Waals surface area contributed by atoms with E-state index in [9.17, 15) is 0 Å². The van der Waals surface area contributed by atoms with Crippen molar-refractivity contribution in [2.24, 2.45) is 0 Å². The van der Waals surface area contributed by atoms with Gasteiger partial charge in [0.1, 0.15) is 5.75 Å². The number of aryl methyl sites for hydroxylation is 1. The van der Waals surface area contributed by atoms with Crippen LogP contribution in [0, 0.1) is 0 Å². The molecule has 0 amide bonds. The summed E-state index contributed by atoms with van der Waals surface area (Å²) < 4.78 is 7.09. The number of hydrogen-bond donors (Lipinski definition) is 0. The van der Waals surface area contributed by atoms with Gasteiger partial charge in [0, 0.05) is 6.07 Å². The first-order valence-corrected chi connectivity index (χ1v) is 5.68. The zero-order chi connectivity index (χ0) is 12.4. The summed E-state index contributed by atoms with van der Waals surface area (Å²) in [6.07, 6.45) is 0.906. The predicted molar refractivity (Wildman–Crippen MR) is 64.5 cm³/mol. The Bertz CT molecular complexity index is 679. The number of tetrazole rings is 1. The third-order valence-corrected chi connectivity index (χ3v) is 2.61. The van der Waals surface area contributed by atoms with Gasteiger partial charge < -0.3 is 4.74 Å². The Morgan fingerprint density at radius 3 is 2.94 bits per heavy atom. The van der Waals surface area contributed by atoms with Crippen molar-refractivity contribution >= 4 is 5.65 Å². The monoisotopic (exact) mass is 241 g/mol. The molecule has 2 aromatic heterocycles. The third kappa shape index (κ3) is 1.88. The Morgan fingerprint density at radius 1 is 1.17 bits per heavy atom. The van der Waals surface area contributed by atoms with Crippen molar-refractivity contribution in [3.05, 3.63) is 42.0 Å². The van der Waals surface area contributed by atoms with Gasteiger partial charge in [-0.15, -0.1) is 14.8 Å². The molecule has 0 radical (unpaired) electrons. The lowest BCUT2D eigenvalue weighted by Gasteiger charge is -2.08. The van der Waals surface area contributed by atoms with E-state index in [0.29, 0.717) is 11.5 Å². The Labute approximate surface area is 103 Å². The fourth-order valence-corrected chi connectivity index (χ4v) is 1.70. The van der Waals surface area contributed by atoms with Crippen LogP contribution in [-0.4, -0.2) is 25.3 Å². The first-order chi connectivity index (χ1) is 8.86. The van der Waals surface area contributed by atoms with Crippen molar-refractivity contribution < 1.29 is 4.74 Å². The normalized spacial score (nSPS) is 10.7. The number of benzene rings is 1. The van der Waals surface area contributed by atoms with Crippen LogP contribution in [0.5, 0.6) is 11.6 Å². The second-order valence-electron chi connectivity index (χ2n) is 3.76. The van der Waals surface area contributed by atoms with Gasteiger partial charge in [-0.3, -0.25) is 0 Å². The van der Waals surface area contributed by atoms with E-state index < -0.39 is 0 Å². The van der Waals surface area contributed by atoms with Gasteiger partial charge in [0.15, 0.2) is 5.65 Å². The van der Waals surface area contributed by atoms with Gasteiger partial charge in [-0.05, 0) is 34.5 Å². The maximum atomic E-state index is 5.75. The zero-order valence-corrected chi connectivity index (χ0v) is 9.82. The van der Waals surface area contributed by atoms with Crippen molar-refractivity contribution in [3.8, 4) is 11.6 Å². The van der Waals surface area contributed by atoms with Crippen LogP contribution in [0.1, 0.15) is 12.5 Å². The molecule has 3 rings (SSSR count). The van der Waals surface area contributed by atoms with Crippen LogP contribution in [0.2, 0.25) is 0 Å². The topological polar surface area (TPSA) is 65.2 Å². The molecule has 0 aliphatic rings. The average Bonchev–Trinajstić information content (AvgIpc) is 2.87. The second-order valence-corrected chi connectivity index (χ2v) is 3.76. The summed E-state index contributed by atoms with van der Waals surface area (Å²) >= 11 is 0. The molecule has 0 saturated heterocycles. The van der Waals surface area contributed by atoms with Crippen LogP contribution in [0.4, 0.5) is 0 Å². The highest BCUT2D eigenvalue weighted by Gasteiger charge is 2.05. The molecular weight excluding hydrogens is 230 g/mol. The molecule has 6 heteroatoms. The predicted octanol–water partition coefficient (Wildman–Crippen LogP) is 1.87. The molecule has 3 aromatic rings. The molecule has 0 aliphatic heterocycles. The number of ether oxygens (including phenoxy) is 1. The number of para-hydroxylation sites is 1. The minimum absolute atomic E-state index is 0.468. The Balaban J connectivity index is 1.95. The molecule has 0 atom stereocenters. The van der Waals surface area contributed by atoms with E-state index in [2.05, 4.69) is 27.5 Å². The summed E-state index contributed by atoms with van der Waals surface area (Å²) in [5.41, 5.74) is 1.72. The summed E-state index contributed by atoms with van der Waals surface area (Å²) in [5.74, 6) is 1.27. The summed E-state index contributed by atoms with van der Waals surface area (Å²) in [5, 5.41) is 15.2. The quantitative estimate of drug-likeness (QED) is 0.700. The lowest BCUT2D eigenvalue weighted by molar-refractivity contribution is 0.442. The van der Waals surface area contributed by atoms with E-state index in [0.717, 1.165) is 17.7 Å². The Kier molecular flexibility index (Phi) is 2.60. The fraction of sp³-hybridized carbons (Fsp3) is 0.167. The largest absolute Gasteiger partial charge is 0.437 e. The van der Waals surface area contributed by atoms with Gasteiger partial charge in [0.2, 0.25) is 5.88 Å². The molecule has 6 nitrogen and oxygen atoms in total. The second kappa shape index (κ2) is 4.40. The molecule has 2 heterocycles. The molecule has 0 aliphatic carbocycles. The van der Waals surface area contributed by atoms with E-state index >= 15 is 0 Å². The molecule has 0 N–H and O–H groups in total. The van der Waals surface area contributed by atoms with Crippen molar-refractivity contribution in [2.75, 3.05) is 0 Å². The van der Waals surface area contributed by atoms with E-state index in [1.165, 1.54) is 4.63 Å². The number of rotatable bonds is 3. The molecule has 0 bridgehead atoms. The number of fused-ring (bicyclic) bond motifs is 1. The van der Waals surface area contributed by atoms with Gasteiger partial charge in [0.25, 0.3) is 0 Å². The Morgan fingerprint density at radius 2 is 2.06 bits per heavy atom. The van der Waals surface area contributed by atoms with Gasteiger partial charge in [-0.2, -0.15) is 0 Å². The summed E-state index contributed by atoms with van der Waals surface area (Å²) in [4.78, 5) is 0. The number of hydrogen-bond acceptors (Lipinski definition) is 5. The van der Waals surface area contributed by atoms with Crippen molar-refractivity contribution in [2.45, 2.75) is 13.3 Å². The molecule has 1 aromatic carbocycles. The molecule has 0 spiro atoms. The van der Waals surface area contributed by atoms with Crippen LogP contribution < -0.4 is 4.74 Å². The fourth-order valence-electron chi connectivity index (χ4n) is 1.70. The van der Waals surface area contributed by atoms with E-state index in [4.69, 9.17) is 4.74 Å². The van der Waals surface area contributed by atoms with Crippen LogP contribution in [0.15, 0.2) is 36.4 Å². The van der Waals surface area contributed by atoms with Crippen molar-refractivity contribution in [3.63, 3.8) is 0 Å². The van der Waals surface area contributed by atoms with E-state index in [-0.39, 0.29) is 0 Å². The highest BCUT2D eigenvalue weighted by atomic mass is 16.5. The zero-order valence-electron chi connectivity index (χ0n) is 9.82. The smallest absolute Gasteiger partial charge is 0.239 e. The lowest BCUT2D eigenvalue weighted by Crippen LogP contribution is -1.98. The van der Waals surface area contributed by atoms with Gasteiger partial charge in [-0.25, -0.2) is 0 Å². The maximum absolute atomic E-state index is 5.75. The first kappa shape index (κ1) is 10.6. The summed E-state index contributed by atoms with van der Waals surface area (Å²) in [7, 11) is 0. The van der Waals surface area contributed by atoms with Crippen LogP contribution in [0.25, 0.3) is 5.65 Å². The van der Waals surface area contributed by atoms with Crippen LogP contribution in [0.3, 0.4) is 0 Å². The van der Waals surface area contributed by atoms with E-state index in [1.807, 2.05) is 24.3 Å². The number of nitrogens with zero attached hydrogens (tertiary/aromatic N) is 5. The number of aromatic nitrogens is 5. The molecule has 0 unspecified atom stereocenters. The molecule has 0 saturated carbocycles. The van der Waals surface area contributed by atoms with Gasteiger partial charge in [0.05, 0.1) is 0 Å². The lowest BCUT2D eigenvalue weighted by atomic mass is 10.1. The minimum atomic E-state index is 0.468. The minimum Gasteiger partial charge on any atom is -0.437 e. The van der Waals surface area contributed by atoms with Crippen molar-refractivity contribution in [1.29, 1.82) is 0 Å². The highest BCUT2D eigenvalue weighted by molar-refractivity contribution is 5.38. The van der Waals surface area contributed by atoms with Gasteiger partial charge >= 0.3 is 0 Å². The maximum Gasteiger partial charge on any atom is 0.239 e. The highest BCUT2D eigenvalue weighted by Crippen LogP contribution is 2.23. The van der Waals surface area contributed by atoms with Crippen LogP contribution in [-0.2, 0) is 6.42 Å².